The summed E-state index contributed by atoms with van der Waals surface area (Å²) < 4.78 is 10.3. The van der Waals surface area contributed by atoms with Crippen molar-refractivity contribution in [3.05, 3.63) is 76.8 Å². The fourth-order valence-electron chi connectivity index (χ4n) is 3.08. The number of hydrogen-bond acceptors (Lipinski definition) is 14. The highest BCUT2D eigenvalue weighted by Crippen LogP contribution is 2.37. The van der Waals surface area contributed by atoms with Gasteiger partial charge in [-0.2, -0.15) is 5.10 Å². The molecular weight excluding hydrogens is 532 g/mol. The number of hydrogen-bond donors (Lipinski definition) is 2. The smallest absolute Gasteiger partial charge is 0.289 e. The van der Waals surface area contributed by atoms with Gasteiger partial charge in [-0.05, 0) is 12.1 Å². The maximum absolute atomic E-state index is 12.5. The van der Waals surface area contributed by atoms with Crippen molar-refractivity contribution in [1.29, 1.82) is 0 Å². The van der Waals surface area contributed by atoms with E-state index in [9.17, 15) is 39.9 Å². The van der Waals surface area contributed by atoms with E-state index in [4.69, 9.17) is 9.47 Å². The van der Waals surface area contributed by atoms with Crippen molar-refractivity contribution in [2.24, 2.45) is 5.10 Å². The van der Waals surface area contributed by atoms with E-state index < -0.39 is 43.5 Å². The summed E-state index contributed by atoms with van der Waals surface area (Å²) in [5.41, 5.74) is 0.142. The van der Waals surface area contributed by atoms with Crippen LogP contribution in [-0.2, 0) is 11.2 Å². The molecule has 0 saturated carbocycles. The molecule has 0 aliphatic carbocycles. The zero-order chi connectivity index (χ0) is 27.4. The first-order valence-electron chi connectivity index (χ1n) is 10.1. The summed E-state index contributed by atoms with van der Waals surface area (Å²) in [5, 5.41) is 46.8. The molecule has 0 spiro atoms. The van der Waals surface area contributed by atoms with Gasteiger partial charge in [-0.1, -0.05) is 11.3 Å². The number of nitro groups is 3. The maximum atomic E-state index is 12.5. The van der Waals surface area contributed by atoms with Crippen LogP contribution in [-0.4, -0.2) is 49.8 Å². The molecule has 0 unspecified atom stereocenters. The largest absolute Gasteiger partial charge is 0.454 e. The minimum atomic E-state index is -0.964. The van der Waals surface area contributed by atoms with Crippen molar-refractivity contribution in [1.82, 2.24) is 15.6 Å². The molecule has 0 fully saturated rings. The minimum Gasteiger partial charge on any atom is -0.454 e. The van der Waals surface area contributed by atoms with Crippen LogP contribution in [0.1, 0.15) is 20.9 Å². The van der Waals surface area contributed by atoms with Gasteiger partial charge in [0, 0.05) is 6.07 Å². The van der Waals surface area contributed by atoms with Crippen LogP contribution in [0, 0.1) is 30.3 Å². The molecular formula is C19H12N8O10S. The van der Waals surface area contributed by atoms with Crippen molar-refractivity contribution in [3.63, 3.8) is 0 Å². The average Bonchev–Trinajstić information content (AvgIpc) is 3.51. The number of nitrogens with one attached hydrogen (secondary N) is 2. The Balaban J connectivity index is 1.38. The normalized spacial score (nSPS) is 11.8. The number of fused-ring (bicyclic) bond motifs is 1. The van der Waals surface area contributed by atoms with Crippen molar-refractivity contribution in [2.75, 3.05) is 12.1 Å². The molecule has 0 saturated heterocycles. The molecule has 0 bridgehead atoms. The van der Waals surface area contributed by atoms with Gasteiger partial charge in [-0.25, -0.2) is 5.43 Å². The van der Waals surface area contributed by atoms with Gasteiger partial charge < -0.3 is 9.47 Å². The number of anilines is 1. The molecule has 38 heavy (non-hydrogen) atoms. The lowest BCUT2D eigenvalue weighted by atomic mass is 10.1. The van der Waals surface area contributed by atoms with Crippen molar-refractivity contribution in [3.8, 4) is 11.5 Å². The lowest BCUT2D eigenvalue weighted by Crippen LogP contribution is -2.19. The molecule has 0 atom stereocenters. The highest BCUT2D eigenvalue weighted by molar-refractivity contribution is 7.15. The number of non-ortho nitro benzene ring substituents is 1. The van der Waals surface area contributed by atoms with Crippen LogP contribution in [0.3, 0.4) is 0 Å². The Morgan fingerprint density at radius 2 is 1.71 bits per heavy atom. The van der Waals surface area contributed by atoms with Gasteiger partial charge in [-0.15, -0.1) is 10.2 Å². The van der Waals surface area contributed by atoms with Crippen LogP contribution in [0.2, 0.25) is 0 Å². The highest BCUT2D eigenvalue weighted by Gasteiger charge is 2.25. The molecule has 4 rings (SSSR count). The van der Waals surface area contributed by atoms with E-state index in [0.717, 1.165) is 29.7 Å². The van der Waals surface area contributed by atoms with Gasteiger partial charge in [0.1, 0.15) is 10.6 Å². The first-order chi connectivity index (χ1) is 18.1. The van der Waals surface area contributed by atoms with Crippen LogP contribution >= 0.6 is 11.3 Å². The number of carbonyl (C=O) groups is 2. The molecule has 2 N–H and O–H groups in total. The molecule has 1 aliphatic rings. The predicted molar refractivity (Wildman–Crippen MR) is 126 cm³/mol. The fraction of sp³-hybridized carbons (Fsp3) is 0.105. The van der Waals surface area contributed by atoms with Crippen molar-refractivity contribution in [2.45, 2.75) is 6.42 Å². The van der Waals surface area contributed by atoms with Gasteiger partial charge in [-0.3, -0.25) is 45.2 Å². The Morgan fingerprint density at radius 3 is 2.39 bits per heavy atom. The molecule has 0 radical (unpaired) electrons. The van der Waals surface area contributed by atoms with Gasteiger partial charge in [0.05, 0.1) is 45.1 Å². The second kappa shape index (κ2) is 10.6. The van der Waals surface area contributed by atoms with Crippen molar-refractivity contribution < 1.29 is 33.8 Å². The molecule has 194 valence electrons. The van der Waals surface area contributed by atoms with Gasteiger partial charge in [0.25, 0.3) is 23.0 Å². The third-order valence-corrected chi connectivity index (χ3v) is 5.58. The van der Waals surface area contributed by atoms with E-state index in [2.05, 4.69) is 26.0 Å². The maximum Gasteiger partial charge on any atom is 0.289 e. The Labute approximate surface area is 213 Å². The van der Waals surface area contributed by atoms with Crippen LogP contribution in [0.4, 0.5) is 22.2 Å². The van der Waals surface area contributed by atoms with E-state index in [1.165, 1.54) is 12.1 Å². The molecule has 3 aromatic rings. The third kappa shape index (κ3) is 5.62. The molecule has 1 aliphatic heterocycles. The SMILES string of the molecule is O=C(Cc1nnc(NC(=O)c2ccc([N+](=O)[O-])cc2[N+](=O)[O-])s1)N/N=C\c1cc2c(cc1[N+](=O)[O-])OCO2. The second-order valence-electron chi connectivity index (χ2n) is 7.16. The number of nitro benzene ring substituents is 3. The molecule has 19 heteroatoms. The fourth-order valence-corrected chi connectivity index (χ4v) is 3.81. The van der Waals surface area contributed by atoms with Crippen LogP contribution < -0.4 is 20.2 Å². The zero-order valence-corrected chi connectivity index (χ0v) is 19.4. The van der Waals surface area contributed by atoms with E-state index in [1.807, 2.05) is 0 Å². The first-order valence-corrected chi connectivity index (χ1v) is 10.9. The van der Waals surface area contributed by atoms with E-state index in [0.29, 0.717) is 6.07 Å². The summed E-state index contributed by atoms with van der Waals surface area (Å²) in [7, 11) is 0. The number of benzene rings is 2. The summed E-state index contributed by atoms with van der Waals surface area (Å²) in [6.07, 6.45) is 0.729. The Kier molecular flexibility index (Phi) is 7.10. The predicted octanol–water partition coefficient (Wildman–Crippen LogP) is 1.94. The number of carbonyl (C=O) groups excluding carboxylic acids is 2. The molecule has 2 heterocycles. The summed E-state index contributed by atoms with van der Waals surface area (Å²) in [4.78, 5) is 55.6. The van der Waals surface area contributed by atoms with Gasteiger partial charge >= 0.3 is 0 Å². The third-order valence-electron chi connectivity index (χ3n) is 4.74. The monoisotopic (exact) mass is 544 g/mol. The van der Waals surface area contributed by atoms with E-state index >= 15 is 0 Å². The minimum absolute atomic E-state index is 0.0563. The van der Waals surface area contributed by atoms with E-state index in [1.54, 1.807) is 0 Å². The van der Waals surface area contributed by atoms with Gasteiger partial charge in [0.15, 0.2) is 11.5 Å². The highest BCUT2D eigenvalue weighted by atomic mass is 32.1. The Morgan fingerprint density at radius 1 is 1.00 bits per heavy atom. The number of amides is 2. The first kappa shape index (κ1) is 25.5. The molecule has 18 nitrogen and oxygen atoms in total. The number of rotatable bonds is 9. The molecule has 2 amide bonds. The van der Waals surface area contributed by atoms with Crippen LogP contribution in [0.25, 0.3) is 0 Å². The summed E-state index contributed by atoms with van der Waals surface area (Å²) in [6, 6.07) is 5.04. The molecule has 2 aromatic carbocycles. The topological polar surface area (TPSA) is 244 Å². The van der Waals surface area contributed by atoms with Crippen LogP contribution in [0.15, 0.2) is 35.4 Å². The zero-order valence-electron chi connectivity index (χ0n) is 18.6. The standard InChI is InChI=1S/C19H12N8O10S/c28-16(22-20-7-9-3-14-15(37-8-36-14)5-12(9)26(32)33)6-17-23-24-19(38-17)21-18(29)11-2-1-10(25(30)31)4-13(11)27(34)35/h1-5,7H,6,8H2,(H,22,28)(H,21,24,29)/b20-7-. The average molecular weight is 544 g/mol. The number of ether oxygens (including phenoxy) is 2. The van der Waals surface area contributed by atoms with Crippen LogP contribution in [0.5, 0.6) is 11.5 Å². The Bertz CT molecular complexity index is 1520. The summed E-state index contributed by atoms with van der Waals surface area (Å²) in [5.74, 6) is -1.13. The van der Waals surface area contributed by atoms with E-state index in [-0.39, 0.29) is 46.1 Å². The summed E-state index contributed by atoms with van der Waals surface area (Å²) >= 11 is 0.791. The summed E-state index contributed by atoms with van der Waals surface area (Å²) in [6.45, 7) is -0.0844. The number of hydrazone groups is 1. The number of aromatic nitrogens is 2. The molecule has 1 aromatic heterocycles. The lowest BCUT2D eigenvalue weighted by molar-refractivity contribution is -0.394. The Hall–Kier alpha value is -5.59. The van der Waals surface area contributed by atoms with Gasteiger partial charge in [0.2, 0.25) is 17.8 Å². The second-order valence-corrected chi connectivity index (χ2v) is 8.22. The quantitative estimate of drug-likeness (QED) is 0.223. The van der Waals surface area contributed by atoms with Crippen molar-refractivity contribution >= 4 is 51.6 Å². The number of nitrogens with zero attached hydrogens (tertiary/aromatic N) is 6. The lowest BCUT2D eigenvalue weighted by Gasteiger charge is -2.02.